The maximum Gasteiger partial charge on any atom is 0.241 e. The van der Waals surface area contributed by atoms with Crippen LogP contribution in [0.2, 0.25) is 0 Å². The maximum atomic E-state index is 5.36. The van der Waals surface area contributed by atoms with Crippen molar-refractivity contribution in [1.82, 2.24) is 20.0 Å². The molecule has 0 N–H and O–H groups in total. The Morgan fingerprint density at radius 2 is 2.14 bits per heavy atom. The Morgan fingerprint density at radius 1 is 1.18 bits per heavy atom. The molecule has 6 heteroatoms. The van der Waals surface area contributed by atoms with E-state index in [4.69, 9.17) is 8.94 Å². The minimum atomic E-state index is 0.497. The average molecular weight is 296 g/mol. The topological polar surface area (TPSA) is 68.2 Å². The highest BCUT2D eigenvalue weighted by atomic mass is 16.5. The maximum absolute atomic E-state index is 5.36. The first-order valence-corrected chi connectivity index (χ1v) is 7.38. The summed E-state index contributed by atoms with van der Waals surface area (Å²) in [5, 5.41) is 3.98. The molecule has 0 aromatic carbocycles. The van der Waals surface area contributed by atoms with Gasteiger partial charge in [-0.05, 0) is 36.6 Å². The Labute approximate surface area is 127 Å². The van der Waals surface area contributed by atoms with E-state index in [0.29, 0.717) is 30.1 Å². The van der Waals surface area contributed by atoms with Crippen LogP contribution in [0.25, 0.3) is 11.6 Å². The smallest absolute Gasteiger partial charge is 0.241 e. The lowest BCUT2D eigenvalue weighted by Gasteiger charge is -2.19. The number of pyridine rings is 1. The molecule has 1 saturated carbocycles. The number of hydrogen-bond donors (Lipinski definition) is 0. The summed E-state index contributed by atoms with van der Waals surface area (Å²) >= 11 is 0. The molecule has 0 amide bonds. The molecule has 4 rings (SSSR count). The van der Waals surface area contributed by atoms with Gasteiger partial charge in [0.2, 0.25) is 11.7 Å². The molecule has 22 heavy (non-hydrogen) atoms. The molecule has 3 heterocycles. The molecule has 1 aliphatic carbocycles. The second kappa shape index (κ2) is 5.73. The normalized spacial score (nSPS) is 14.6. The largest absolute Gasteiger partial charge is 0.461 e. The fraction of sp³-hybridized carbons (Fsp3) is 0.312. The number of hydrogen-bond acceptors (Lipinski definition) is 6. The van der Waals surface area contributed by atoms with Gasteiger partial charge < -0.3 is 8.94 Å². The Morgan fingerprint density at radius 3 is 2.86 bits per heavy atom. The van der Waals surface area contributed by atoms with Crippen molar-refractivity contribution in [2.45, 2.75) is 32.0 Å². The third-order valence-electron chi connectivity index (χ3n) is 3.72. The van der Waals surface area contributed by atoms with Crippen LogP contribution in [-0.2, 0) is 13.1 Å². The Bertz CT molecular complexity index is 720. The zero-order valence-electron chi connectivity index (χ0n) is 12.1. The molecule has 0 bridgehead atoms. The van der Waals surface area contributed by atoms with Crippen molar-refractivity contribution in [2.75, 3.05) is 0 Å². The summed E-state index contributed by atoms with van der Waals surface area (Å²) in [6.07, 6.45) is 7.74. The fourth-order valence-corrected chi connectivity index (χ4v) is 2.48. The molecule has 0 aliphatic heterocycles. The second-order valence-electron chi connectivity index (χ2n) is 5.49. The highest BCUT2D eigenvalue weighted by Crippen LogP contribution is 2.29. The van der Waals surface area contributed by atoms with E-state index in [-0.39, 0.29) is 0 Å². The number of rotatable bonds is 6. The van der Waals surface area contributed by atoms with E-state index in [9.17, 15) is 0 Å². The first kappa shape index (κ1) is 13.2. The van der Waals surface area contributed by atoms with Crippen molar-refractivity contribution in [1.29, 1.82) is 0 Å². The Balaban J connectivity index is 1.48. The summed E-state index contributed by atoms with van der Waals surface area (Å²) in [4.78, 5) is 10.9. The summed E-state index contributed by atoms with van der Waals surface area (Å²) in [6, 6.07) is 8.28. The molecular formula is C16H16N4O2. The predicted molar refractivity (Wildman–Crippen MR) is 78.5 cm³/mol. The van der Waals surface area contributed by atoms with Gasteiger partial charge in [0.25, 0.3) is 0 Å². The van der Waals surface area contributed by atoms with Gasteiger partial charge in [0.05, 0.1) is 12.8 Å². The van der Waals surface area contributed by atoms with E-state index in [2.05, 4.69) is 26.1 Å². The summed E-state index contributed by atoms with van der Waals surface area (Å²) in [7, 11) is 0. The van der Waals surface area contributed by atoms with Gasteiger partial charge in [-0.2, -0.15) is 4.98 Å². The molecule has 0 atom stereocenters. The molecule has 0 radical (unpaired) electrons. The highest BCUT2D eigenvalue weighted by molar-refractivity contribution is 5.44. The van der Waals surface area contributed by atoms with E-state index in [1.54, 1.807) is 12.5 Å². The van der Waals surface area contributed by atoms with Crippen LogP contribution in [0.15, 0.2) is 51.9 Å². The molecule has 112 valence electrons. The molecule has 0 spiro atoms. The van der Waals surface area contributed by atoms with Gasteiger partial charge in [0.1, 0.15) is 0 Å². The molecule has 0 unspecified atom stereocenters. The third kappa shape index (κ3) is 2.92. The van der Waals surface area contributed by atoms with E-state index in [1.807, 2.05) is 24.4 Å². The zero-order valence-corrected chi connectivity index (χ0v) is 12.1. The number of nitrogens with zero attached hydrogens (tertiary/aromatic N) is 4. The summed E-state index contributed by atoms with van der Waals surface area (Å²) in [6.45, 7) is 1.49. The molecule has 0 saturated heterocycles. The first-order valence-electron chi connectivity index (χ1n) is 7.38. The van der Waals surface area contributed by atoms with Gasteiger partial charge in [0, 0.05) is 25.0 Å². The monoisotopic (exact) mass is 296 g/mol. The Kier molecular flexibility index (Phi) is 3.44. The lowest BCUT2D eigenvalue weighted by molar-refractivity contribution is 0.209. The SMILES string of the molecule is c1cncc(CN(Cc2nc(-c3ccco3)no2)C2CC2)c1. The molecular weight excluding hydrogens is 280 g/mol. The van der Waals surface area contributed by atoms with Crippen molar-refractivity contribution < 1.29 is 8.94 Å². The quantitative estimate of drug-likeness (QED) is 0.696. The van der Waals surface area contributed by atoms with Crippen LogP contribution in [0, 0.1) is 0 Å². The fourth-order valence-electron chi connectivity index (χ4n) is 2.48. The lowest BCUT2D eigenvalue weighted by Crippen LogP contribution is -2.25. The van der Waals surface area contributed by atoms with Crippen LogP contribution in [0.3, 0.4) is 0 Å². The summed E-state index contributed by atoms with van der Waals surface area (Å²) < 4.78 is 10.6. The van der Waals surface area contributed by atoms with Gasteiger partial charge in [-0.15, -0.1) is 0 Å². The standard InChI is InChI=1S/C16H16N4O2/c1-3-12(9-17-7-1)10-20(13-5-6-13)11-15-18-16(19-22-15)14-4-2-8-21-14/h1-4,7-9,13H,5-6,10-11H2. The first-order chi connectivity index (χ1) is 10.9. The predicted octanol–water partition coefficient (Wildman–Crippen LogP) is 2.89. The van der Waals surface area contributed by atoms with Gasteiger partial charge in [0.15, 0.2) is 5.76 Å². The second-order valence-corrected chi connectivity index (χ2v) is 5.49. The van der Waals surface area contributed by atoms with E-state index in [0.717, 1.165) is 6.54 Å². The zero-order chi connectivity index (χ0) is 14.8. The van der Waals surface area contributed by atoms with Crippen molar-refractivity contribution in [2.24, 2.45) is 0 Å². The average Bonchev–Trinajstić information content (AvgIpc) is 3.06. The Hall–Kier alpha value is -2.47. The number of aromatic nitrogens is 3. The van der Waals surface area contributed by atoms with Crippen molar-refractivity contribution in [3.05, 3.63) is 54.4 Å². The van der Waals surface area contributed by atoms with Crippen LogP contribution in [0.5, 0.6) is 0 Å². The molecule has 1 fully saturated rings. The third-order valence-corrected chi connectivity index (χ3v) is 3.72. The lowest BCUT2D eigenvalue weighted by atomic mass is 10.2. The van der Waals surface area contributed by atoms with Gasteiger partial charge in [-0.25, -0.2) is 0 Å². The van der Waals surface area contributed by atoms with Gasteiger partial charge in [-0.3, -0.25) is 9.88 Å². The van der Waals surface area contributed by atoms with Gasteiger partial charge in [-0.1, -0.05) is 11.2 Å². The molecule has 1 aliphatic rings. The highest BCUT2D eigenvalue weighted by Gasteiger charge is 2.30. The van der Waals surface area contributed by atoms with E-state index < -0.39 is 0 Å². The van der Waals surface area contributed by atoms with Crippen molar-refractivity contribution in [3.63, 3.8) is 0 Å². The van der Waals surface area contributed by atoms with Crippen LogP contribution in [0.4, 0.5) is 0 Å². The molecule has 3 aromatic rings. The van der Waals surface area contributed by atoms with Crippen molar-refractivity contribution in [3.8, 4) is 11.6 Å². The molecule has 6 nitrogen and oxygen atoms in total. The van der Waals surface area contributed by atoms with Crippen LogP contribution in [-0.4, -0.2) is 26.1 Å². The van der Waals surface area contributed by atoms with Crippen LogP contribution in [0.1, 0.15) is 24.3 Å². The van der Waals surface area contributed by atoms with Crippen molar-refractivity contribution >= 4 is 0 Å². The van der Waals surface area contributed by atoms with Crippen LogP contribution >= 0.6 is 0 Å². The molecule has 3 aromatic heterocycles. The summed E-state index contributed by atoms with van der Waals surface area (Å²) in [5.41, 5.74) is 1.19. The summed E-state index contributed by atoms with van der Waals surface area (Å²) in [5.74, 6) is 1.74. The van der Waals surface area contributed by atoms with E-state index in [1.165, 1.54) is 18.4 Å². The minimum absolute atomic E-state index is 0.497. The van der Waals surface area contributed by atoms with Crippen LogP contribution < -0.4 is 0 Å². The van der Waals surface area contributed by atoms with E-state index >= 15 is 0 Å². The van der Waals surface area contributed by atoms with Gasteiger partial charge >= 0.3 is 0 Å². The number of furan rings is 1. The minimum Gasteiger partial charge on any atom is -0.461 e.